The molecule has 0 aromatic carbocycles. The maximum absolute atomic E-state index is 13.5. The summed E-state index contributed by atoms with van der Waals surface area (Å²) in [6.07, 6.45) is -19.2. The maximum atomic E-state index is 13.5. The van der Waals surface area contributed by atoms with Crippen LogP contribution >= 0.6 is 0 Å². The fourth-order valence-electron chi connectivity index (χ4n) is 12.5. The van der Waals surface area contributed by atoms with E-state index in [0.717, 1.165) is 6.08 Å². The lowest BCUT2D eigenvalue weighted by Crippen LogP contribution is -2.65. The molecule has 0 amide bonds. The van der Waals surface area contributed by atoms with Crippen LogP contribution in [0.25, 0.3) is 0 Å². The summed E-state index contributed by atoms with van der Waals surface area (Å²) in [4.78, 5) is 26.6. The Morgan fingerprint density at radius 2 is 1.16 bits per heavy atom. The Labute approximate surface area is 446 Å². The number of aliphatic hydroxyl groups is 14. The highest BCUT2D eigenvalue weighted by Crippen LogP contribution is 2.44. The Morgan fingerprint density at radius 3 is 1.82 bits per heavy atom. The van der Waals surface area contributed by atoms with E-state index in [9.17, 15) is 70.9 Å². The summed E-state index contributed by atoms with van der Waals surface area (Å²) < 4.78 is 64.9. The zero-order chi connectivity index (χ0) is 55.2. The Kier molecular flexibility index (Phi) is 21.7. The van der Waals surface area contributed by atoms with E-state index >= 15 is 0 Å². The lowest BCUT2D eigenvalue weighted by atomic mass is 9.73. The Hall–Kier alpha value is -2.42. The third kappa shape index (κ3) is 14.8. The Morgan fingerprint density at radius 1 is 0.545 bits per heavy atom. The second-order valence-corrected chi connectivity index (χ2v) is 22.3. The molecule has 4 aliphatic carbocycles. The summed E-state index contributed by atoms with van der Waals surface area (Å²) in [5, 5.41) is 130. The number of carbonyl (C=O) groups is 2. The topological polar surface area (TPSA) is 382 Å². The number of hydrogen-bond acceptors (Lipinski definition) is 24. The molecule has 25 nitrogen and oxygen atoms in total. The fourth-order valence-corrected chi connectivity index (χ4v) is 12.5. The first-order valence-corrected chi connectivity index (χ1v) is 27.3. The summed E-state index contributed by atoms with van der Waals surface area (Å²) in [6, 6.07) is 0. The average molecular weight is 1110 g/mol. The fraction of sp³-hybridized carbons (Fsp3) is 0.885. The lowest BCUT2D eigenvalue weighted by Gasteiger charge is -2.50. The van der Waals surface area contributed by atoms with Crippen LogP contribution in [0, 0.1) is 23.7 Å². The van der Waals surface area contributed by atoms with Crippen molar-refractivity contribution in [3.8, 4) is 0 Å². The SMILES string of the molecule is COC1CC(C=CC(=O)OC2C(OC3C(OC4CC5C(OC6OC(CO)C(O)C(O)C6O)CC(O)CC5[OH+]C4C4CCC(O)CC4)OC(COC(=O)C=CC4CCC(O)CC4)C(O)C3O)OCC(O)C2O)CC(OC)C1O. The van der Waals surface area contributed by atoms with Crippen molar-refractivity contribution < 1.29 is 123 Å². The van der Waals surface area contributed by atoms with E-state index in [1.54, 1.807) is 12.2 Å². The zero-order valence-corrected chi connectivity index (χ0v) is 43.5. The molecule has 22 atom stereocenters. The number of esters is 2. The maximum Gasteiger partial charge on any atom is 0.330 e. The highest BCUT2D eigenvalue weighted by molar-refractivity contribution is 5.82. The molecule has 0 radical (unpaired) electrons. The minimum absolute atomic E-state index is 0.0213. The molecular formula is C52H83O25+. The minimum atomic E-state index is -1.92. The van der Waals surface area contributed by atoms with E-state index in [2.05, 4.69) is 0 Å². The van der Waals surface area contributed by atoms with Gasteiger partial charge in [0, 0.05) is 45.1 Å². The Balaban J connectivity index is 1.05. The van der Waals surface area contributed by atoms with Crippen molar-refractivity contribution in [2.75, 3.05) is 34.0 Å². The molecule has 8 aliphatic rings. The first-order chi connectivity index (χ1) is 36.8. The highest BCUT2D eigenvalue weighted by Gasteiger charge is 2.58. The monoisotopic (exact) mass is 1110 g/mol. The summed E-state index contributed by atoms with van der Waals surface area (Å²) in [7, 11) is 2.90. The van der Waals surface area contributed by atoms with Crippen LogP contribution in [0.4, 0.5) is 0 Å². The third-order valence-corrected chi connectivity index (χ3v) is 17.1. The molecule has 0 bridgehead atoms. The molecular weight excluding hydrogens is 1020 g/mol. The van der Waals surface area contributed by atoms with Crippen LogP contribution in [0.2, 0.25) is 0 Å². The molecule has 4 saturated carbocycles. The molecule has 0 spiro atoms. The van der Waals surface area contributed by atoms with Crippen molar-refractivity contribution in [2.45, 2.75) is 231 Å². The summed E-state index contributed by atoms with van der Waals surface area (Å²) in [6.45, 7) is -1.81. The van der Waals surface area contributed by atoms with E-state index in [0.29, 0.717) is 64.2 Å². The first-order valence-electron chi connectivity index (χ1n) is 27.3. The smallest absolute Gasteiger partial charge is 0.330 e. The van der Waals surface area contributed by atoms with Crippen molar-refractivity contribution in [1.82, 2.24) is 0 Å². The largest absolute Gasteiger partial charge is 0.460 e. The molecule has 4 aliphatic heterocycles. The molecule has 0 aromatic heterocycles. The number of ether oxygens (including phenoxy) is 11. The number of allylic oxidation sites excluding steroid dienone is 2. The van der Waals surface area contributed by atoms with Gasteiger partial charge in [0.05, 0.1) is 55.8 Å². The van der Waals surface area contributed by atoms with Crippen LogP contribution in [0.1, 0.15) is 83.5 Å². The van der Waals surface area contributed by atoms with E-state index in [1.807, 2.05) is 0 Å². The highest BCUT2D eigenvalue weighted by atomic mass is 16.8. The number of hydrogen-bond donors (Lipinski definition) is 12. The molecule has 8 rings (SSSR count). The molecule has 25 heteroatoms. The van der Waals surface area contributed by atoms with Crippen LogP contribution in [-0.4, -0.2) is 259 Å². The van der Waals surface area contributed by atoms with Gasteiger partial charge in [0.1, 0.15) is 79.9 Å². The van der Waals surface area contributed by atoms with Crippen molar-refractivity contribution in [1.29, 1.82) is 0 Å². The van der Waals surface area contributed by atoms with Crippen molar-refractivity contribution in [3.63, 3.8) is 0 Å². The Bertz CT molecular complexity index is 1900. The van der Waals surface area contributed by atoms with E-state index in [1.165, 1.54) is 20.3 Å². The standard InChI is InChI=1S/C52H82O25/c1-67-33-15-24(16-34(68-2)41(33)61)6-14-39(59)76-48-40(60)30(57)21-70-51(48)77-49-45(65)43(63)37(22-69-38(58)13-5-23-3-9-26(54)10-4-23)75-52(49)73-35-19-29-31(71-47(35)25-7-11-27(55)12-8-25)17-28(56)18-32(29)72-50-46(66)44(64)42(62)36(20-53)74-50/h5-6,13-14,23-37,40-57,60-66H,3-4,7-12,15-22H2,1-2H3/p+1. The van der Waals surface area contributed by atoms with E-state index in [-0.39, 0.29) is 37.0 Å². The molecule has 8 fully saturated rings. The van der Waals surface area contributed by atoms with Gasteiger partial charge in [-0.05, 0) is 82.5 Å². The average Bonchev–Trinajstić information content (AvgIpc) is 3.45. The predicted octanol–water partition coefficient (Wildman–Crippen LogP) is -3.62. The zero-order valence-electron chi connectivity index (χ0n) is 43.5. The van der Waals surface area contributed by atoms with E-state index < -0.39 is 185 Å². The van der Waals surface area contributed by atoms with Crippen molar-refractivity contribution >= 4 is 11.9 Å². The van der Waals surface area contributed by atoms with E-state index in [4.69, 9.17) is 52.1 Å². The number of carbonyl (C=O) groups excluding carboxylic acids is 2. The van der Waals surface area contributed by atoms with Crippen LogP contribution in [0.5, 0.6) is 0 Å². The van der Waals surface area contributed by atoms with Gasteiger partial charge in [-0.15, -0.1) is 0 Å². The van der Waals surface area contributed by atoms with Crippen LogP contribution in [0.3, 0.4) is 0 Å². The normalized spacial score (nSPS) is 48.1. The summed E-state index contributed by atoms with van der Waals surface area (Å²) in [5.41, 5.74) is 0. The van der Waals surface area contributed by atoms with Gasteiger partial charge in [0.15, 0.2) is 37.2 Å². The summed E-state index contributed by atoms with van der Waals surface area (Å²) in [5.74, 6) is -2.76. The van der Waals surface area contributed by atoms with Gasteiger partial charge in [-0.2, -0.15) is 0 Å². The molecule has 0 aromatic rings. The van der Waals surface area contributed by atoms with Gasteiger partial charge >= 0.3 is 11.9 Å². The van der Waals surface area contributed by atoms with Crippen molar-refractivity contribution in [3.05, 3.63) is 24.3 Å². The van der Waals surface area contributed by atoms with Crippen LogP contribution < -0.4 is 0 Å². The van der Waals surface area contributed by atoms with Gasteiger partial charge in [0.2, 0.25) is 0 Å². The number of rotatable bonds is 17. The van der Waals surface area contributed by atoms with Gasteiger partial charge in [-0.25, -0.2) is 9.59 Å². The predicted molar refractivity (Wildman–Crippen MR) is 259 cm³/mol. The lowest BCUT2D eigenvalue weighted by molar-refractivity contribution is -0.385. The van der Waals surface area contributed by atoms with Crippen LogP contribution in [0.15, 0.2) is 24.3 Å². The minimum Gasteiger partial charge on any atom is -0.460 e. The molecule has 4 heterocycles. The molecule has 440 valence electrons. The quantitative estimate of drug-likeness (QED) is 0.0380. The molecule has 77 heavy (non-hydrogen) atoms. The second-order valence-electron chi connectivity index (χ2n) is 22.3. The second kappa shape index (κ2) is 27.6. The van der Waals surface area contributed by atoms with Gasteiger partial charge < -0.3 is 113 Å². The van der Waals surface area contributed by atoms with Gasteiger partial charge in [-0.3, -0.25) is 0 Å². The van der Waals surface area contributed by atoms with Gasteiger partial charge in [0.25, 0.3) is 0 Å². The molecule has 13 N–H and O–H groups in total. The number of fused-ring (bicyclic) bond motifs is 1. The number of methoxy groups -OCH3 is 2. The van der Waals surface area contributed by atoms with Crippen LogP contribution in [-0.2, 0) is 57.0 Å². The van der Waals surface area contributed by atoms with Gasteiger partial charge in [-0.1, -0.05) is 12.2 Å². The molecule has 22 unspecified atom stereocenters. The molecule has 4 saturated heterocycles. The third-order valence-electron chi connectivity index (χ3n) is 17.1. The van der Waals surface area contributed by atoms with Crippen molar-refractivity contribution in [2.24, 2.45) is 23.7 Å². The first kappa shape index (κ1) is 60.7. The summed E-state index contributed by atoms with van der Waals surface area (Å²) >= 11 is 0. The number of aliphatic hydroxyl groups excluding tert-OH is 12.